The van der Waals surface area contributed by atoms with Gasteiger partial charge in [0.1, 0.15) is 48.5 Å². The zero-order valence-electron chi connectivity index (χ0n) is 18.2. The van der Waals surface area contributed by atoms with Gasteiger partial charge in [-0.05, 0) is 0 Å². The number of nitrogens with zero attached hydrogens (tertiary/aromatic N) is 4. The monoisotopic (exact) mass is 557 g/mol. The molecule has 2 aliphatic heterocycles. The molecule has 0 spiro atoms. The Bertz CT molecular complexity index is 1180. The van der Waals surface area contributed by atoms with E-state index in [1.807, 2.05) is 0 Å². The highest BCUT2D eigenvalue weighted by atomic mass is 31.2. The first-order valence-electron chi connectivity index (χ1n) is 10.4. The predicted molar refractivity (Wildman–Crippen MR) is 115 cm³/mol. The predicted octanol–water partition coefficient (Wildman–Crippen LogP) is -3.17. The van der Waals surface area contributed by atoms with Gasteiger partial charge < -0.3 is 59.6 Å². The quantitative estimate of drug-likeness (QED) is 0.141. The first kappa shape index (κ1) is 27.4. The summed E-state index contributed by atoms with van der Waals surface area (Å²) in [6, 6.07) is 0. The van der Waals surface area contributed by atoms with Crippen molar-refractivity contribution in [3.8, 4) is 0 Å². The molecule has 2 fully saturated rings. The molecule has 2 aromatic heterocycles. The van der Waals surface area contributed by atoms with Crippen LogP contribution in [0.15, 0.2) is 12.7 Å². The highest BCUT2D eigenvalue weighted by Gasteiger charge is 2.47. The lowest BCUT2D eigenvalue weighted by Crippen LogP contribution is -2.34. The van der Waals surface area contributed by atoms with Crippen LogP contribution in [0.4, 0.5) is 5.82 Å². The Balaban J connectivity index is 1.34. The van der Waals surface area contributed by atoms with Crippen molar-refractivity contribution in [2.45, 2.75) is 49.1 Å². The molecule has 2 aliphatic rings. The standard InChI is InChI=1S/C16H25N5O13P2/c17-13-8-14(19-3-18-13)21(4-20-8)15-11(24)9(22)6(33-15)1-31-35(27,28)5-36(29,30)32-2-7-10(23)12(25)16(26)34-7/h3-4,6-7,9-12,15-16,22-26H,1-2,5H2,(H,27,28)(H,29,30)(H2,17,18,19)/t6-,7-,9-,10-,11-,12-,15-,16+/m1/s1. The summed E-state index contributed by atoms with van der Waals surface area (Å²) in [5.41, 5.74) is 6.15. The van der Waals surface area contributed by atoms with Gasteiger partial charge in [-0.3, -0.25) is 13.7 Å². The minimum atomic E-state index is -4.81. The fourth-order valence-corrected chi connectivity index (χ4v) is 6.93. The van der Waals surface area contributed by atoms with Crippen molar-refractivity contribution in [2.75, 3.05) is 24.9 Å². The van der Waals surface area contributed by atoms with E-state index in [0.29, 0.717) is 0 Å². The fraction of sp³-hybridized carbons (Fsp3) is 0.688. The molecule has 2 aromatic rings. The molecule has 0 aliphatic carbocycles. The molecule has 0 aromatic carbocycles. The largest absolute Gasteiger partial charge is 0.387 e. The lowest BCUT2D eigenvalue weighted by molar-refractivity contribution is -0.131. The summed E-state index contributed by atoms with van der Waals surface area (Å²) in [7, 11) is -9.60. The second-order valence-corrected chi connectivity index (χ2v) is 12.4. The third-order valence-corrected chi connectivity index (χ3v) is 9.54. The maximum absolute atomic E-state index is 12.4. The van der Waals surface area contributed by atoms with E-state index < -0.39 is 83.5 Å². The van der Waals surface area contributed by atoms with Crippen LogP contribution < -0.4 is 5.73 Å². The minimum Gasteiger partial charge on any atom is -0.387 e. The fourth-order valence-electron chi connectivity index (χ4n) is 3.71. The number of nitrogens with two attached hydrogens (primary N) is 1. The SMILES string of the molecule is Nc1ncnc2c1ncn2[C@@H]1O[C@H](COP(=O)(O)CP(=O)(O)OC[C@H]2O[C@H](O)[C@H](O)[C@@H]2O)[C@@H](O)[C@H]1O. The molecule has 9 N–H and O–H groups in total. The number of anilines is 1. The van der Waals surface area contributed by atoms with E-state index >= 15 is 0 Å². The van der Waals surface area contributed by atoms with Crippen LogP contribution in [0.5, 0.6) is 0 Å². The summed E-state index contributed by atoms with van der Waals surface area (Å²) in [5, 5.41) is 49.2. The molecule has 0 radical (unpaired) electrons. The van der Waals surface area contributed by atoms with Crippen molar-refractivity contribution in [3.63, 3.8) is 0 Å². The Morgan fingerprint density at radius 1 is 0.889 bits per heavy atom. The molecular weight excluding hydrogens is 532 g/mol. The molecule has 0 saturated carbocycles. The molecule has 36 heavy (non-hydrogen) atoms. The summed E-state index contributed by atoms with van der Waals surface area (Å²) in [5.74, 6) is -1.30. The summed E-state index contributed by atoms with van der Waals surface area (Å²) in [6.07, 6.45) is -9.62. The van der Waals surface area contributed by atoms with Crippen molar-refractivity contribution >= 4 is 32.2 Å². The lowest BCUT2D eigenvalue weighted by Gasteiger charge is -2.21. The highest BCUT2D eigenvalue weighted by Crippen LogP contribution is 2.58. The van der Waals surface area contributed by atoms with E-state index in [9.17, 15) is 44.4 Å². The second kappa shape index (κ2) is 10.3. The van der Waals surface area contributed by atoms with Gasteiger partial charge in [0.2, 0.25) is 0 Å². The summed E-state index contributed by atoms with van der Waals surface area (Å²) < 4.78 is 45.7. The Kier molecular flexibility index (Phi) is 7.81. The van der Waals surface area contributed by atoms with Gasteiger partial charge in [-0.25, -0.2) is 15.0 Å². The van der Waals surface area contributed by atoms with Gasteiger partial charge in [0.15, 0.2) is 29.9 Å². The summed E-state index contributed by atoms with van der Waals surface area (Å²) >= 11 is 0. The van der Waals surface area contributed by atoms with Gasteiger partial charge in [0.25, 0.3) is 0 Å². The molecule has 202 valence electrons. The van der Waals surface area contributed by atoms with Gasteiger partial charge in [-0.2, -0.15) is 0 Å². The van der Waals surface area contributed by atoms with Crippen molar-refractivity contribution in [2.24, 2.45) is 0 Å². The van der Waals surface area contributed by atoms with E-state index in [1.165, 1.54) is 10.9 Å². The van der Waals surface area contributed by atoms with Crippen LogP contribution in [0.2, 0.25) is 0 Å². The highest BCUT2D eigenvalue weighted by molar-refractivity contribution is 7.70. The number of aliphatic hydroxyl groups excluding tert-OH is 5. The van der Waals surface area contributed by atoms with Crippen LogP contribution >= 0.6 is 15.2 Å². The number of fused-ring (bicyclic) bond motifs is 1. The number of hydrogen-bond donors (Lipinski definition) is 8. The molecule has 18 nitrogen and oxygen atoms in total. The van der Waals surface area contributed by atoms with E-state index in [2.05, 4.69) is 19.5 Å². The average Bonchev–Trinajstić information content (AvgIpc) is 3.42. The van der Waals surface area contributed by atoms with Crippen LogP contribution in [-0.4, -0.2) is 117 Å². The molecule has 10 atom stereocenters. The number of rotatable bonds is 9. The van der Waals surface area contributed by atoms with Crippen LogP contribution in [-0.2, 0) is 27.7 Å². The first-order chi connectivity index (χ1) is 16.8. The molecule has 2 saturated heterocycles. The molecular formula is C16H25N5O13P2. The number of imidazole rings is 1. The zero-order valence-corrected chi connectivity index (χ0v) is 20.0. The summed E-state index contributed by atoms with van der Waals surface area (Å²) in [6.45, 7) is -1.54. The van der Waals surface area contributed by atoms with Crippen LogP contribution in [0.25, 0.3) is 11.2 Å². The normalized spacial score (nSPS) is 36.2. The molecule has 4 heterocycles. The maximum Gasteiger partial charge on any atom is 0.340 e. The van der Waals surface area contributed by atoms with Gasteiger partial charge in [0, 0.05) is 0 Å². The number of hydrogen-bond acceptors (Lipinski definition) is 15. The van der Waals surface area contributed by atoms with Crippen LogP contribution in [0.3, 0.4) is 0 Å². The molecule has 2 unspecified atom stereocenters. The third kappa shape index (κ3) is 5.61. The molecule has 20 heteroatoms. The van der Waals surface area contributed by atoms with E-state index in [-0.39, 0.29) is 17.0 Å². The van der Waals surface area contributed by atoms with Gasteiger partial charge >= 0.3 is 15.2 Å². The van der Waals surface area contributed by atoms with E-state index in [1.54, 1.807) is 0 Å². The Hall–Kier alpha value is -1.63. The Morgan fingerprint density at radius 3 is 2.06 bits per heavy atom. The molecule has 0 bridgehead atoms. The molecule has 4 rings (SSSR count). The lowest BCUT2D eigenvalue weighted by atomic mass is 10.1. The van der Waals surface area contributed by atoms with Crippen LogP contribution in [0, 0.1) is 0 Å². The third-order valence-electron chi connectivity index (χ3n) is 5.57. The maximum atomic E-state index is 12.4. The molecule has 0 amide bonds. The van der Waals surface area contributed by atoms with Gasteiger partial charge in [-0.1, -0.05) is 0 Å². The second-order valence-electron chi connectivity index (χ2n) is 8.18. The Morgan fingerprint density at radius 2 is 1.47 bits per heavy atom. The van der Waals surface area contributed by atoms with Gasteiger partial charge in [-0.15, -0.1) is 0 Å². The van der Waals surface area contributed by atoms with Crippen LogP contribution in [0.1, 0.15) is 6.23 Å². The number of ether oxygens (including phenoxy) is 2. The van der Waals surface area contributed by atoms with Crippen molar-refractivity contribution in [1.29, 1.82) is 0 Å². The first-order valence-corrected chi connectivity index (χ1v) is 13.9. The topological polar surface area (TPSA) is 282 Å². The van der Waals surface area contributed by atoms with Crippen molar-refractivity contribution < 1.29 is 63.0 Å². The van der Waals surface area contributed by atoms with Crippen molar-refractivity contribution in [3.05, 3.63) is 12.7 Å². The van der Waals surface area contributed by atoms with E-state index in [4.69, 9.17) is 19.7 Å². The average molecular weight is 557 g/mol. The summed E-state index contributed by atoms with van der Waals surface area (Å²) in [4.78, 5) is 31.8. The number of aliphatic hydroxyl groups is 5. The van der Waals surface area contributed by atoms with E-state index in [0.717, 1.165) is 6.33 Å². The van der Waals surface area contributed by atoms with Crippen molar-refractivity contribution in [1.82, 2.24) is 19.5 Å². The number of nitrogen functional groups attached to an aromatic ring is 1. The smallest absolute Gasteiger partial charge is 0.340 e. The minimum absolute atomic E-state index is 0.0740. The number of aromatic nitrogens is 4. The van der Waals surface area contributed by atoms with Gasteiger partial charge in [0.05, 0.1) is 19.5 Å². The zero-order chi connectivity index (χ0) is 26.4. The Labute approximate surface area is 201 Å².